The van der Waals surface area contributed by atoms with Gasteiger partial charge in [0.05, 0.1) is 17.5 Å². The predicted octanol–water partition coefficient (Wildman–Crippen LogP) is 3.01. The number of hydrogen-bond donors (Lipinski definition) is 1. The van der Waals surface area contributed by atoms with Crippen molar-refractivity contribution in [3.05, 3.63) is 59.9 Å². The Hall–Kier alpha value is -2.62. The maximum Gasteiger partial charge on any atom is 0.335 e. The topological polar surface area (TPSA) is 54.6 Å². The molecule has 0 bridgehead atoms. The minimum Gasteiger partial charge on any atom is -0.478 e. The third kappa shape index (κ3) is 1.87. The van der Waals surface area contributed by atoms with Crippen molar-refractivity contribution in [2.75, 3.05) is 0 Å². The molecule has 4 heteroatoms. The quantitative estimate of drug-likeness (QED) is 0.762. The van der Waals surface area contributed by atoms with Crippen LogP contribution in [0.5, 0.6) is 0 Å². The molecule has 94 valence electrons. The van der Waals surface area contributed by atoms with Crippen LogP contribution in [-0.2, 0) is 0 Å². The van der Waals surface area contributed by atoms with Gasteiger partial charge in [0, 0.05) is 11.8 Å². The van der Waals surface area contributed by atoms with Crippen molar-refractivity contribution in [2.45, 2.75) is 6.92 Å². The van der Waals surface area contributed by atoms with E-state index in [1.165, 1.54) is 0 Å². The van der Waals surface area contributed by atoms with Gasteiger partial charge in [-0.2, -0.15) is 0 Å². The number of carboxylic acids is 1. The second-order valence-electron chi connectivity index (χ2n) is 4.41. The highest BCUT2D eigenvalue weighted by molar-refractivity contribution is 5.88. The van der Waals surface area contributed by atoms with Gasteiger partial charge < -0.3 is 5.11 Å². The molecule has 0 saturated heterocycles. The summed E-state index contributed by atoms with van der Waals surface area (Å²) in [6, 6.07) is 11.2. The largest absolute Gasteiger partial charge is 0.478 e. The molecule has 0 aliphatic carbocycles. The molecule has 2 aromatic heterocycles. The zero-order valence-corrected chi connectivity index (χ0v) is 10.4. The number of carboxylic acid groups (broad SMARTS) is 1. The number of aromatic carboxylic acids is 1. The summed E-state index contributed by atoms with van der Waals surface area (Å²) in [5.41, 5.74) is 4.10. The molecule has 4 nitrogen and oxygen atoms in total. The second-order valence-corrected chi connectivity index (χ2v) is 4.41. The molecule has 0 aliphatic rings. The lowest BCUT2D eigenvalue weighted by atomic mass is 10.1. The number of fused-ring (bicyclic) bond motifs is 1. The number of nitrogens with zero attached hydrogens (tertiary/aromatic N) is 2. The van der Waals surface area contributed by atoms with E-state index in [9.17, 15) is 4.79 Å². The molecule has 0 amide bonds. The zero-order valence-electron chi connectivity index (χ0n) is 10.4. The van der Waals surface area contributed by atoms with Crippen molar-refractivity contribution < 1.29 is 9.90 Å². The van der Waals surface area contributed by atoms with Crippen LogP contribution in [0.4, 0.5) is 0 Å². The third-order valence-corrected chi connectivity index (χ3v) is 3.18. The molecular weight excluding hydrogens is 240 g/mol. The molecule has 3 rings (SSSR count). The van der Waals surface area contributed by atoms with E-state index >= 15 is 0 Å². The van der Waals surface area contributed by atoms with Gasteiger partial charge in [0.15, 0.2) is 0 Å². The highest BCUT2D eigenvalue weighted by atomic mass is 16.4. The zero-order chi connectivity index (χ0) is 13.4. The van der Waals surface area contributed by atoms with Crippen molar-refractivity contribution in [2.24, 2.45) is 0 Å². The number of rotatable bonds is 2. The first kappa shape index (κ1) is 11.5. The molecule has 0 unspecified atom stereocenters. The van der Waals surface area contributed by atoms with Crippen LogP contribution in [0.2, 0.25) is 0 Å². The second kappa shape index (κ2) is 4.24. The summed E-state index contributed by atoms with van der Waals surface area (Å²) in [5, 5.41) is 8.98. The molecule has 1 N–H and O–H groups in total. The molecule has 0 saturated carbocycles. The average Bonchev–Trinajstić information content (AvgIpc) is 2.82. The summed E-state index contributed by atoms with van der Waals surface area (Å²) in [4.78, 5) is 15.2. The Morgan fingerprint density at radius 3 is 2.79 bits per heavy atom. The van der Waals surface area contributed by atoms with Crippen LogP contribution in [0.3, 0.4) is 0 Å². The van der Waals surface area contributed by atoms with Gasteiger partial charge in [-0.25, -0.2) is 9.78 Å². The molecule has 0 aliphatic heterocycles. The van der Waals surface area contributed by atoms with Crippen molar-refractivity contribution in [1.82, 2.24) is 9.38 Å². The van der Waals surface area contributed by atoms with Crippen LogP contribution < -0.4 is 0 Å². The molecule has 19 heavy (non-hydrogen) atoms. The van der Waals surface area contributed by atoms with Gasteiger partial charge in [0.2, 0.25) is 0 Å². The van der Waals surface area contributed by atoms with E-state index in [0.29, 0.717) is 5.65 Å². The smallest absolute Gasteiger partial charge is 0.335 e. The maximum atomic E-state index is 10.9. The first-order chi connectivity index (χ1) is 9.16. The molecule has 3 aromatic rings. The molecule has 1 aromatic carbocycles. The van der Waals surface area contributed by atoms with E-state index in [1.807, 2.05) is 35.6 Å². The average molecular weight is 252 g/mol. The monoisotopic (exact) mass is 252 g/mol. The first-order valence-electron chi connectivity index (χ1n) is 5.93. The van der Waals surface area contributed by atoms with Crippen molar-refractivity contribution in [1.29, 1.82) is 0 Å². The maximum absolute atomic E-state index is 10.9. The van der Waals surface area contributed by atoms with Gasteiger partial charge >= 0.3 is 5.97 Å². The van der Waals surface area contributed by atoms with Crippen LogP contribution in [0.15, 0.2) is 48.8 Å². The van der Waals surface area contributed by atoms with Crippen molar-refractivity contribution in [3.63, 3.8) is 0 Å². The van der Waals surface area contributed by atoms with Crippen molar-refractivity contribution >= 4 is 11.6 Å². The normalized spacial score (nSPS) is 10.8. The van der Waals surface area contributed by atoms with Gasteiger partial charge in [-0.3, -0.25) is 4.40 Å². The first-order valence-corrected chi connectivity index (χ1v) is 5.93. The number of hydrogen-bond acceptors (Lipinski definition) is 2. The minimum atomic E-state index is -0.942. The molecule has 2 heterocycles. The number of aromatic nitrogens is 2. The predicted molar refractivity (Wildman–Crippen MR) is 72.3 cm³/mol. The highest BCUT2D eigenvalue weighted by Gasteiger charge is 2.10. The Morgan fingerprint density at radius 1 is 1.26 bits per heavy atom. The van der Waals surface area contributed by atoms with Crippen LogP contribution in [0, 0.1) is 6.92 Å². The van der Waals surface area contributed by atoms with Crippen LogP contribution in [-0.4, -0.2) is 20.5 Å². The van der Waals surface area contributed by atoms with Crippen LogP contribution in [0.25, 0.3) is 16.9 Å². The number of carbonyl (C=O) groups is 1. The lowest BCUT2D eigenvalue weighted by molar-refractivity contribution is 0.0697. The van der Waals surface area contributed by atoms with Gasteiger partial charge in [-0.1, -0.05) is 24.3 Å². The van der Waals surface area contributed by atoms with E-state index in [-0.39, 0.29) is 5.56 Å². The van der Waals surface area contributed by atoms with E-state index in [2.05, 4.69) is 4.98 Å². The van der Waals surface area contributed by atoms with E-state index in [0.717, 1.165) is 16.8 Å². The lowest BCUT2D eigenvalue weighted by Crippen LogP contribution is -1.98. The van der Waals surface area contributed by atoms with E-state index in [4.69, 9.17) is 5.11 Å². The summed E-state index contributed by atoms with van der Waals surface area (Å²) in [5.74, 6) is -0.942. The van der Waals surface area contributed by atoms with Gasteiger partial charge in [-0.15, -0.1) is 0 Å². The van der Waals surface area contributed by atoms with Crippen LogP contribution in [0.1, 0.15) is 15.9 Å². The molecular formula is C15H12N2O2. The molecule has 0 atom stereocenters. The van der Waals surface area contributed by atoms with Gasteiger partial charge in [-0.05, 0) is 24.6 Å². The number of imidazole rings is 1. The fourth-order valence-electron chi connectivity index (χ4n) is 2.17. The lowest BCUT2D eigenvalue weighted by Gasteiger charge is -2.05. The van der Waals surface area contributed by atoms with Crippen molar-refractivity contribution in [3.8, 4) is 11.3 Å². The van der Waals surface area contributed by atoms with E-state index in [1.54, 1.807) is 24.5 Å². The Labute approximate surface area is 110 Å². The number of pyridine rings is 1. The fourth-order valence-corrected chi connectivity index (χ4v) is 2.17. The fraction of sp³-hybridized carbons (Fsp3) is 0.0667. The summed E-state index contributed by atoms with van der Waals surface area (Å²) in [6.45, 7) is 2.04. The number of aryl methyl sites for hydroxylation is 1. The SMILES string of the molecule is Cc1ccccc1-c1cnc2cc(C(=O)O)ccn12. The summed E-state index contributed by atoms with van der Waals surface area (Å²) in [6.07, 6.45) is 3.51. The highest BCUT2D eigenvalue weighted by Crippen LogP contribution is 2.24. The number of benzene rings is 1. The van der Waals surface area contributed by atoms with Crippen LogP contribution >= 0.6 is 0 Å². The Balaban J connectivity index is 2.22. The Bertz CT molecular complexity index is 775. The summed E-state index contributed by atoms with van der Waals surface area (Å²) >= 11 is 0. The third-order valence-electron chi connectivity index (χ3n) is 3.18. The standard InChI is InChI=1S/C15H12N2O2/c1-10-4-2-3-5-12(10)13-9-16-14-8-11(15(18)19)6-7-17(13)14/h2-9H,1H3,(H,18,19). The Kier molecular flexibility index (Phi) is 2.56. The van der Waals surface area contributed by atoms with Gasteiger partial charge in [0.1, 0.15) is 5.65 Å². The summed E-state index contributed by atoms with van der Waals surface area (Å²) < 4.78 is 1.90. The summed E-state index contributed by atoms with van der Waals surface area (Å²) in [7, 11) is 0. The van der Waals surface area contributed by atoms with Gasteiger partial charge in [0.25, 0.3) is 0 Å². The Morgan fingerprint density at radius 2 is 2.05 bits per heavy atom. The van der Waals surface area contributed by atoms with E-state index < -0.39 is 5.97 Å². The molecule has 0 radical (unpaired) electrons. The molecule has 0 fully saturated rings. The molecule has 0 spiro atoms. The minimum absolute atomic E-state index is 0.245.